The summed E-state index contributed by atoms with van der Waals surface area (Å²) < 4.78 is 0. The summed E-state index contributed by atoms with van der Waals surface area (Å²) >= 11 is 5.59. The quantitative estimate of drug-likeness (QED) is 0.777. The van der Waals surface area contributed by atoms with Gasteiger partial charge in [-0.25, -0.2) is 0 Å². The van der Waals surface area contributed by atoms with Crippen LogP contribution in [0.15, 0.2) is 18.2 Å². The molecule has 0 radical (unpaired) electrons. The average molecular weight is 228 g/mol. The SMILES string of the molecule is Cc1cc(C(=O)NC(C)CCl)ccc1O. The molecule has 4 heteroatoms. The zero-order valence-corrected chi connectivity index (χ0v) is 9.51. The molecule has 0 fully saturated rings. The van der Waals surface area contributed by atoms with Crippen LogP contribution in [0.2, 0.25) is 0 Å². The molecule has 1 atom stereocenters. The second kappa shape index (κ2) is 5.03. The Labute approximate surface area is 94.1 Å². The Morgan fingerprint density at radius 1 is 1.60 bits per heavy atom. The number of phenolic OH excluding ortho intramolecular Hbond substituents is 1. The maximum absolute atomic E-state index is 11.6. The van der Waals surface area contributed by atoms with Gasteiger partial charge in [0.1, 0.15) is 5.75 Å². The van der Waals surface area contributed by atoms with Crippen LogP contribution in [0.5, 0.6) is 5.75 Å². The molecule has 1 amide bonds. The Balaban J connectivity index is 2.78. The lowest BCUT2D eigenvalue weighted by atomic mass is 10.1. The molecule has 0 aliphatic rings. The van der Waals surface area contributed by atoms with Crippen LogP contribution in [0.3, 0.4) is 0 Å². The zero-order chi connectivity index (χ0) is 11.4. The number of nitrogens with one attached hydrogen (secondary N) is 1. The lowest BCUT2D eigenvalue weighted by Gasteiger charge is -2.10. The van der Waals surface area contributed by atoms with Crippen molar-refractivity contribution in [1.29, 1.82) is 0 Å². The van der Waals surface area contributed by atoms with Crippen LogP contribution in [0.25, 0.3) is 0 Å². The molecule has 2 N–H and O–H groups in total. The van der Waals surface area contributed by atoms with E-state index in [1.807, 2.05) is 6.92 Å². The lowest BCUT2D eigenvalue weighted by molar-refractivity contribution is 0.0943. The largest absolute Gasteiger partial charge is 0.508 e. The fourth-order valence-corrected chi connectivity index (χ4v) is 1.22. The number of amides is 1. The molecular weight excluding hydrogens is 214 g/mol. The Bertz CT molecular complexity index is 366. The third-order valence-electron chi connectivity index (χ3n) is 2.07. The van der Waals surface area contributed by atoms with Gasteiger partial charge in [0.2, 0.25) is 0 Å². The van der Waals surface area contributed by atoms with Crippen molar-refractivity contribution in [2.24, 2.45) is 0 Å². The highest BCUT2D eigenvalue weighted by Gasteiger charge is 2.09. The highest BCUT2D eigenvalue weighted by molar-refractivity contribution is 6.18. The van der Waals surface area contributed by atoms with Crippen molar-refractivity contribution in [1.82, 2.24) is 5.32 Å². The minimum absolute atomic E-state index is 0.0618. The summed E-state index contributed by atoms with van der Waals surface area (Å²) in [4.78, 5) is 11.6. The van der Waals surface area contributed by atoms with Gasteiger partial charge in [-0.2, -0.15) is 0 Å². The molecule has 3 nitrogen and oxygen atoms in total. The molecule has 0 aliphatic heterocycles. The first kappa shape index (κ1) is 11.9. The van der Waals surface area contributed by atoms with E-state index >= 15 is 0 Å². The van der Waals surface area contributed by atoms with E-state index in [-0.39, 0.29) is 17.7 Å². The number of benzene rings is 1. The van der Waals surface area contributed by atoms with Crippen LogP contribution in [0.4, 0.5) is 0 Å². The molecule has 1 unspecified atom stereocenters. The standard InChI is InChI=1S/C11H14ClNO2/c1-7-5-9(3-4-10(7)14)11(15)13-8(2)6-12/h3-5,8,14H,6H2,1-2H3,(H,13,15). The predicted molar refractivity (Wildman–Crippen MR) is 60.5 cm³/mol. The molecule has 15 heavy (non-hydrogen) atoms. The van der Waals surface area contributed by atoms with Crippen molar-refractivity contribution in [2.45, 2.75) is 19.9 Å². The van der Waals surface area contributed by atoms with Crippen LogP contribution in [0, 0.1) is 6.92 Å². The Morgan fingerprint density at radius 2 is 2.27 bits per heavy atom. The number of rotatable bonds is 3. The number of hydrogen-bond acceptors (Lipinski definition) is 2. The number of alkyl halides is 1. The van der Waals surface area contributed by atoms with Crippen LogP contribution < -0.4 is 5.32 Å². The molecule has 82 valence electrons. The minimum atomic E-state index is -0.175. The van der Waals surface area contributed by atoms with Gasteiger partial charge in [-0.05, 0) is 37.6 Å². The Kier molecular flexibility index (Phi) is 3.97. The van der Waals surface area contributed by atoms with E-state index in [1.54, 1.807) is 19.1 Å². The maximum atomic E-state index is 11.6. The summed E-state index contributed by atoms with van der Waals surface area (Å²) in [5.74, 6) is 0.395. The number of aryl methyl sites for hydroxylation is 1. The van der Waals surface area contributed by atoms with E-state index in [2.05, 4.69) is 5.32 Å². The summed E-state index contributed by atoms with van der Waals surface area (Å²) in [6.45, 7) is 3.58. The molecule has 0 aliphatic carbocycles. The van der Waals surface area contributed by atoms with E-state index in [4.69, 9.17) is 11.6 Å². The zero-order valence-electron chi connectivity index (χ0n) is 8.75. The molecule has 0 saturated heterocycles. The van der Waals surface area contributed by atoms with Gasteiger partial charge >= 0.3 is 0 Å². The molecule has 0 bridgehead atoms. The van der Waals surface area contributed by atoms with Gasteiger partial charge in [0.05, 0.1) is 0 Å². The fourth-order valence-electron chi connectivity index (χ4n) is 1.14. The van der Waals surface area contributed by atoms with E-state index in [9.17, 15) is 9.90 Å². The van der Waals surface area contributed by atoms with Crippen molar-refractivity contribution in [2.75, 3.05) is 5.88 Å². The van der Waals surface area contributed by atoms with Gasteiger partial charge in [-0.15, -0.1) is 11.6 Å². The number of hydrogen-bond donors (Lipinski definition) is 2. The first-order valence-electron chi connectivity index (χ1n) is 4.71. The predicted octanol–water partition coefficient (Wildman–Crippen LogP) is 2.06. The summed E-state index contributed by atoms with van der Waals surface area (Å²) in [5.41, 5.74) is 1.21. The second-order valence-electron chi connectivity index (χ2n) is 3.53. The highest BCUT2D eigenvalue weighted by Crippen LogP contribution is 2.16. The molecule has 1 aromatic rings. The van der Waals surface area contributed by atoms with E-state index in [0.717, 1.165) is 0 Å². The molecule has 0 saturated carbocycles. The molecule has 0 spiro atoms. The highest BCUT2D eigenvalue weighted by atomic mass is 35.5. The molecule has 0 heterocycles. The normalized spacial score (nSPS) is 12.2. The first-order chi connectivity index (χ1) is 7.04. The molecule has 1 aromatic carbocycles. The molecule has 0 aromatic heterocycles. The van der Waals surface area contributed by atoms with Crippen LogP contribution in [-0.4, -0.2) is 22.9 Å². The average Bonchev–Trinajstić information content (AvgIpc) is 2.21. The molecular formula is C11H14ClNO2. The number of halogens is 1. The third kappa shape index (κ3) is 3.13. The lowest BCUT2D eigenvalue weighted by Crippen LogP contribution is -2.33. The number of carbonyl (C=O) groups is 1. The van der Waals surface area contributed by atoms with Gasteiger partial charge in [0, 0.05) is 17.5 Å². The van der Waals surface area contributed by atoms with Crippen LogP contribution in [-0.2, 0) is 0 Å². The third-order valence-corrected chi connectivity index (χ3v) is 2.53. The summed E-state index contributed by atoms with van der Waals surface area (Å²) in [6.07, 6.45) is 0. The van der Waals surface area contributed by atoms with Crippen LogP contribution >= 0.6 is 11.6 Å². The monoisotopic (exact) mass is 227 g/mol. The first-order valence-corrected chi connectivity index (χ1v) is 5.24. The number of phenols is 1. The second-order valence-corrected chi connectivity index (χ2v) is 3.84. The van der Waals surface area contributed by atoms with Gasteiger partial charge in [-0.1, -0.05) is 0 Å². The van der Waals surface area contributed by atoms with Crippen molar-refractivity contribution in [3.05, 3.63) is 29.3 Å². The van der Waals surface area contributed by atoms with E-state index in [1.165, 1.54) is 6.07 Å². The smallest absolute Gasteiger partial charge is 0.251 e. The minimum Gasteiger partial charge on any atom is -0.508 e. The number of aromatic hydroxyl groups is 1. The van der Waals surface area contributed by atoms with Gasteiger partial charge < -0.3 is 10.4 Å². The van der Waals surface area contributed by atoms with Crippen molar-refractivity contribution < 1.29 is 9.90 Å². The fraction of sp³-hybridized carbons (Fsp3) is 0.364. The van der Waals surface area contributed by atoms with Crippen LogP contribution in [0.1, 0.15) is 22.8 Å². The van der Waals surface area contributed by atoms with Gasteiger partial charge in [-0.3, -0.25) is 4.79 Å². The summed E-state index contributed by atoms with van der Waals surface area (Å²) in [6, 6.07) is 4.67. The summed E-state index contributed by atoms with van der Waals surface area (Å²) in [7, 11) is 0. The van der Waals surface area contributed by atoms with Crippen molar-refractivity contribution in [3.8, 4) is 5.75 Å². The van der Waals surface area contributed by atoms with E-state index in [0.29, 0.717) is 17.0 Å². The van der Waals surface area contributed by atoms with E-state index < -0.39 is 0 Å². The Hall–Kier alpha value is -1.22. The topological polar surface area (TPSA) is 49.3 Å². The Morgan fingerprint density at radius 3 is 2.80 bits per heavy atom. The molecule has 1 rings (SSSR count). The maximum Gasteiger partial charge on any atom is 0.251 e. The number of carbonyl (C=O) groups excluding carboxylic acids is 1. The summed E-state index contributed by atoms with van der Waals surface area (Å²) in [5, 5.41) is 12.0. The van der Waals surface area contributed by atoms with Gasteiger partial charge in [0.25, 0.3) is 5.91 Å². The van der Waals surface area contributed by atoms with Gasteiger partial charge in [0.15, 0.2) is 0 Å². The van der Waals surface area contributed by atoms with Crippen molar-refractivity contribution >= 4 is 17.5 Å². The van der Waals surface area contributed by atoms with Crippen molar-refractivity contribution in [3.63, 3.8) is 0 Å².